The summed E-state index contributed by atoms with van der Waals surface area (Å²) in [5, 5.41) is 12.4. The van der Waals surface area contributed by atoms with Crippen LogP contribution in [0.5, 0.6) is 0 Å². The second kappa shape index (κ2) is 2.21. The molecular weight excluding hydrogens is 126 g/mol. The molecule has 2 heterocycles. The molecule has 2 N–H and O–H groups in total. The summed E-state index contributed by atoms with van der Waals surface area (Å²) in [4.78, 5) is 0. The highest BCUT2D eigenvalue weighted by Gasteiger charge is 2.42. The fourth-order valence-electron chi connectivity index (χ4n) is 2.23. The van der Waals surface area contributed by atoms with E-state index in [0.717, 1.165) is 12.0 Å². The maximum absolute atomic E-state index is 8.94. The number of aliphatic hydroxyl groups excluding tert-OH is 1. The molecule has 2 aliphatic heterocycles. The van der Waals surface area contributed by atoms with Crippen molar-refractivity contribution >= 4 is 0 Å². The molecule has 3 aliphatic rings. The second-order valence-corrected chi connectivity index (χ2v) is 3.74. The Morgan fingerprint density at radius 1 is 1.50 bits per heavy atom. The second-order valence-electron chi connectivity index (χ2n) is 3.74. The Labute approximate surface area is 61.6 Å². The molecule has 0 aromatic carbocycles. The molecule has 2 heteroatoms. The lowest BCUT2D eigenvalue weighted by Gasteiger charge is -2.50. The number of fused-ring (bicyclic) bond motifs is 2. The van der Waals surface area contributed by atoms with E-state index in [9.17, 15) is 0 Å². The summed E-state index contributed by atoms with van der Waals surface area (Å²) >= 11 is 0. The molecule has 1 aliphatic carbocycles. The maximum Gasteiger partial charge on any atom is 0.0587 e. The number of hydrogen-bond acceptors (Lipinski definition) is 2. The molecule has 58 valence electrons. The molecule has 0 unspecified atom stereocenters. The SMILES string of the molecule is C[C@@H]1C2CC(C2)N[C@@H]1CO. The molecular formula is C8H15NO. The van der Waals surface area contributed by atoms with E-state index in [0.29, 0.717) is 18.6 Å². The van der Waals surface area contributed by atoms with Crippen molar-refractivity contribution in [1.82, 2.24) is 5.32 Å². The van der Waals surface area contributed by atoms with Gasteiger partial charge in [0.2, 0.25) is 0 Å². The van der Waals surface area contributed by atoms with Crippen LogP contribution < -0.4 is 5.32 Å². The summed E-state index contributed by atoms with van der Waals surface area (Å²) in [5.74, 6) is 1.60. The standard InChI is InChI=1S/C8H15NO/c1-5-6-2-7(3-6)9-8(5)4-10/h5-10H,2-4H2,1H3/t5-,6?,7?,8-/m1/s1. The first-order valence-corrected chi connectivity index (χ1v) is 4.18. The molecule has 3 fully saturated rings. The van der Waals surface area contributed by atoms with Crippen LogP contribution in [-0.2, 0) is 0 Å². The van der Waals surface area contributed by atoms with Crippen molar-refractivity contribution in [3.63, 3.8) is 0 Å². The summed E-state index contributed by atoms with van der Waals surface area (Å²) < 4.78 is 0. The number of hydrogen-bond donors (Lipinski definition) is 2. The zero-order valence-corrected chi connectivity index (χ0v) is 6.38. The Kier molecular flexibility index (Phi) is 1.46. The first-order chi connectivity index (χ1) is 4.81. The van der Waals surface area contributed by atoms with Gasteiger partial charge in [0.25, 0.3) is 0 Å². The third-order valence-electron chi connectivity index (χ3n) is 3.20. The minimum atomic E-state index is 0.314. The van der Waals surface area contributed by atoms with Crippen LogP contribution in [0.3, 0.4) is 0 Å². The highest BCUT2D eigenvalue weighted by Crippen LogP contribution is 2.40. The van der Waals surface area contributed by atoms with Gasteiger partial charge in [-0.25, -0.2) is 0 Å². The lowest BCUT2D eigenvalue weighted by atomic mass is 9.66. The summed E-state index contributed by atoms with van der Waals surface area (Å²) in [6, 6.07) is 1.12. The highest BCUT2D eigenvalue weighted by atomic mass is 16.3. The monoisotopic (exact) mass is 141 g/mol. The predicted molar refractivity (Wildman–Crippen MR) is 39.7 cm³/mol. The Hall–Kier alpha value is -0.0800. The first-order valence-electron chi connectivity index (χ1n) is 4.18. The van der Waals surface area contributed by atoms with Crippen LogP contribution in [0.1, 0.15) is 19.8 Å². The average molecular weight is 141 g/mol. The molecule has 10 heavy (non-hydrogen) atoms. The van der Waals surface area contributed by atoms with Crippen LogP contribution in [0, 0.1) is 11.8 Å². The summed E-state index contributed by atoms with van der Waals surface area (Å²) in [7, 11) is 0. The quantitative estimate of drug-likeness (QED) is 0.553. The Morgan fingerprint density at radius 2 is 2.20 bits per heavy atom. The maximum atomic E-state index is 8.94. The lowest BCUT2D eigenvalue weighted by molar-refractivity contribution is 0.0286. The number of aliphatic hydroxyl groups is 1. The third kappa shape index (κ3) is 0.789. The zero-order chi connectivity index (χ0) is 7.14. The number of rotatable bonds is 1. The highest BCUT2D eigenvalue weighted by molar-refractivity contribution is 4.98. The van der Waals surface area contributed by atoms with Gasteiger partial charge in [-0.1, -0.05) is 6.92 Å². The smallest absolute Gasteiger partial charge is 0.0587 e. The molecule has 2 saturated heterocycles. The van der Waals surface area contributed by atoms with Gasteiger partial charge >= 0.3 is 0 Å². The van der Waals surface area contributed by atoms with E-state index < -0.39 is 0 Å². The fraction of sp³-hybridized carbons (Fsp3) is 1.00. The molecule has 0 aromatic rings. The fourth-order valence-corrected chi connectivity index (χ4v) is 2.23. The van der Waals surface area contributed by atoms with Crippen molar-refractivity contribution in [3.8, 4) is 0 Å². The van der Waals surface area contributed by atoms with Crippen LogP contribution in [0.15, 0.2) is 0 Å². The molecule has 0 spiro atoms. The summed E-state index contributed by atoms with van der Waals surface area (Å²) in [6.45, 7) is 2.56. The number of piperidine rings is 2. The van der Waals surface area contributed by atoms with Gasteiger partial charge in [0.15, 0.2) is 0 Å². The van der Waals surface area contributed by atoms with Crippen LogP contribution in [0.2, 0.25) is 0 Å². The van der Waals surface area contributed by atoms with Gasteiger partial charge in [-0.05, 0) is 24.7 Å². The van der Waals surface area contributed by atoms with E-state index in [2.05, 4.69) is 12.2 Å². The summed E-state index contributed by atoms with van der Waals surface area (Å²) in [6.07, 6.45) is 2.69. The van der Waals surface area contributed by atoms with Crippen molar-refractivity contribution in [1.29, 1.82) is 0 Å². The largest absolute Gasteiger partial charge is 0.395 e. The normalized spacial score (nSPS) is 52.2. The minimum Gasteiger partial charge on any atom is -0.395 e. The van der Waals surface area contributed by atoms with Crippen LogP contribution in [-0.4, -0.2) is 23.8 Å². The molecule has 1 saturated carbocycles. The van der Waals surface area contributed by atoms with E-state index in [1.807, 2.05) is 0 Å². The van der Waals surface area contributed by atoms with E-state index in [1.165, 1.54) is 12.8 Å². The predicted octanol–water partition coefficient (Wildman–Crippen LogP) is 0.365. The van der Waals surface area contributed by atoms with Crippen LogP contribution >= 0.6 is 0 Å². The molecule has 0 radical (unpaired) electrons. The van der Waals surface area contributed by atoms with Gasteiger partial charge in [-0.15, -0.1) is 0 Å². The number of nitrogens with one attached hydrogen (secondary N) is 1. The van der Waals surface area contributed by atoms with Gasteiger partial charge in [-0.2, -0.15) is 0 Å². The third-order valence-corrected chi connectivity index (χ3v) is 3.20. The minimum absolute atomic E-state index is 0.314. The molecule has 2 atom stereocenters. The van der Waals surface area contributed by atoms with E-state index in [1.54, 1.807) is 0 Å². The molecule has 3 rings (SSSR count). The summed E-state index contributed by atoms with van der Waals surface area (Å²) in [5.41, 5.74) is 0. The van der Waals surface area contributed by atoms with E-state index >= 15 is 0 Å². The van der Waals surface area contributed by atoms with Crippen molar-refractivity contribution in [2.75, 3.05) is 6.61 Å². The van der Waals surface area contributed by atoms with Crippen molar-refractivity contribution in [2.24, 2.45) is 11.8 Å². The van der Waals surface area contributed by atoms with Gasteiger partial charge in [0, 0.05) is 12.1 Å². The van der Waals surface area contributed by atoms with Crippen molar-refractivity contribution in [3.05, 3.63) is 0 Å². The molecule has 0 aromatic heterocycles. The van der Waals surface area contributed by atoms with Crippen LogP contribution in [0.4, 0.5) is 0 Å². The Bertz CT molecular complexity index is 131. The van der Waals surface area contributed by atoms with Gasteiger partial charge in [-0.3, -0.25) is 0 Å². The van der Waals surface area contributed by atoms with E-state index in [-0.39, 0.29) is 0 Å². The van der Waals surface area contributed by atoms with Gasteiger partial charge < -0.3 is 10.4 Å². The van der Waals surface area contributed by atoms with Gasteiger partial charge in [0.05, 0.1) is 6.61 Å². The van der Waals surface area contributed by atoms with Crippen molar-refractivity contribution in [2.45, 2.75) is 31.8 Å². The molecule has 2 bridgehead atoms. The first kappa shape index (κ1) is 6.62. The molecule has 0 amide bonds. The van der Waals surface area contributed by atoms with Crippen LogP contribution in [0.25, 0.3) is 0 Å². The van der Waals surface area contributed by atoms with Gasteiger partial charge in [0.1, 0.15) is 0 Å². The Balaban J connectivity index is 1.99. The average Bonchev–Trinajstić information content (AvgIpc) is 1.85. The topological polar surface area (TPSA) is 32.3 Å². The van der Waals surface area contributed by atoms with Crippen molar-refractivity contribution < 1.29 is 5.11 Å². The Morgan fingerprint density at radius 3 is 2.60 bits per heavy atom. The van der Waals surface area contributed by atoms with E-state index in [4.69, 9.17) is 5.11 Å². The zero-order valence-electron chi connectivity index (χ0n) is 6.38. The molecule has 2 nitrogen and oxygen atoms in total. The lowest BCUT2D eigenvalue weighted by Crippen LogP contribution is -2.60.